The molecule has 0 aliphatic rings. The molecule has 15 heavy (non-hydrogen) atoms. The Morgan fingerprint density at radius 3 is 2.73 bits per heavy atom. The number of H-pyrrole nitrogens is 2. The summed E-state index contributed by atoms with van der Waals surface area (Å²) in [4.78, 5) is 42.1. The van der Waals surface area contributed by atoms with Crippen LogP contribution in [0.15, 0.2) is 9.59 Å². The fourth-order valence-electron chi connectivity index (χ4n) is 1.38. The summed E-state index contributed by atoms with van der Waals surface area (Å²) in [6, 6.07) is 0. The molecule has 0 saturated carbocycles. The zero-order valence-corrected chi connectivity index (χ0v) is 7.90. The van der Waals surface area contributed by atoms with Crippen molar-refractivity contribution in [1.82, 2.24) is 19.5 Å². The normalized spacial score (nSPS) is 10.7. The molecule has 0 unspecified atom stereocenters. The monoisotopic (exact) mass is 208 g/mol. The maximum absolute atomic E-state index is 11.7. The topological polar surface area (TPSA) is 101 Å². The van der Waals surface area contributed by atoms with Crippen LogP contribution in [0.25, 0.3) is 11.2 Å². The minimum atomic E-state index is -0.529. The number of nitrogens with zero attached hydrogens (tertiary/aromatic N) is 2. The van der Waals surface area contributed by atoms with Crippen LogP contribution >= 0.6 is 0 Å². The Bertz CT molecular complexity index is 633. The molecule has 78 valence electrons. The van der Waals surface area contributed by atoms with Crippen LogP contribution in [-0.2, 0) is 6.54 Å². The summed E-state index contributed by atoms with van der Waals surface area (Å²) in [6.07, 6.45) is 0.480. The number of rotatable bonds is 2. The molecule has 0 aromatic carbocycles. The molecule has 2 rings (SSSR count). The smallest absolute Gasteiger partial charge is 0.330 e. The van der Waals surface area contributed by atoms with E-state index in [2.05, 4.69) is 15.0 Å². The SMILES string of the molecule is CCn1c(=O)[nH]c2nc(C=O)[nH]c2c1=O. The van der Waals surface area contributed by atoms with Crippen LogP contribution in [-0.4, -0.2) is 25.8 Å². The Balaban J connectivity index is 2.94. The van der Waals surface area contributed by atoms with E-state index in [0.29, 0.717) is 6.29 Å². The van der Waals surface area contributed by atoms with Gasteiger partial charge >= 0.3 is 5.69 Å². The van der Waals surface area contributed by atoms with Gasteiger partial charge in [0.1, 0.15) is 5.52 Å². The van der Waals surface area contributed by atoms with Gasteiger partial charge in [0.05, 0.1) is 0 Å². The number of hydrogen-bond acceptors (Lipinski definition) is 4. The summed E-state index contributed by atoms with van der Waals surface area (Å²) in [5.74, 6) is 0.0200. The van der Waals surface area contributed by atoms with Gasteiger partial charge in [0.15, 0.2) is 17.8 Å². The zero-order valence-electron chi connectivity index (χ0n) is 7.90. The van der Waals surface area contributed by atoms with E-state index in [1.807, 2.05) is 0 Å². The Morgan fingerprint density at radius 2 is 2.13 bits per heavy atom. The van der Waals surface area contributed by atoms with Crippen molar-refractivity contribution in [1.29, 1.82) is 0 Å². The van der Waals surface area contributed by atoms with E-state index in [0.717, 1.165) is 4.57 Å². The van der Waals surface area contributed by atoms with Gasteiger partial charge in [0.25, 0.3) is 5.56 Å². The number of carbonyl (C=O) groups excluding carboxylic acids is 1. The van der Waals surface area contributed by atoms with Crippen LogP contribution in [0.2, 0.25) is 0 Å². The van der Waals surface area contributed by atoms with E-state index < -0.39 is 11.2 Å². The molecule has 0 fully saturated rings. The van der Waals surface area contributed by atoms with Gasteiger partial charge in [0, 0.05) is 6.54 Å². The van der Waals surface area contributed by atoms with Crippen molar-refractivity contribution < 1.29 is 4.79 Å². The van der Waals surface area contributed by atoms with E-state index in [1.54, 1.807) is 6.92 Å². The van der Waals surface area contributed by atoms with Crippen LogP contribution in [0.1, 0.15) is 17.5 Å². The van der Waals surface area contributed by atoms with Crippen LogP contribution in [0.4, 0.5) is 0 Å². The van der Waals surface area contributed by atoms with Crippen LogP contribution in [0, 0.1) is 0 Å². The third-order valence-electron chi connectivity index (χ3n) is 2.08. The average molecular weight is 208 g/mol. The largest absolute Gasteiger partial charge is 0.330 e. The first kappa shape index (κ1) is 9.38. The summed E-state index contributed by atoms with van der Waals surface area (Å²) in [5, 5.41) is 0. The number of nitrogens with one attached hydrogen (secondary N) is 2. The predicted octanol–water partition coefficient (Wildman–Crippen LogP) is -0.755. The van der Waals surface area contributed by atoms with Gasteiger partial charge in [-0.05, 0) is 6.92 Å². The average Bonchev–Trinajstić information content (AvgIpc) is 2.61. The predicted molar refractivity (Wildman–Crippen MR) is 52.0 cm³/mol. The van der Waals surface area contributed by atoms with Crippen molar-refractivity contribution in [2.75, 3.05) is 0 Å². The highest BCUT2D eigenvalue weighted by molar-refractivity contribution is 5.78. The fraction of sp³-hybridized carbons (Fsp3) is 0.250. The first-order valence-electron chi connectivity index (χ1n) is 4.35. The van der Waals surface area contributed by atoms with Gasteiger partial charge in [-0.25, -0.2) is 9.78 Å². The quantitative estimate of drug-likeness (QED) is 0.634. The molecule has 7 heteroatoms. The molecule has 2 heterocycles. The second-order valence-electron chi connectivity index (χ2n) is 2.94. The lowest BCUT2D eigenvalue weighted by Crippen LogP contribution is -2.34. The molecular weight excluding hydrogens is 200 g/mol. The molecule has 0 aliphatic carbocycles. The highest BCUT2D eigenvalue weighted by Crippen LogP contribution is 1.99. The molecule has 7 nitrogen and oxygen atoms in total. The Hall–Kier alpha value is -2.18. The number of hydrogen-bond donors (Lipinski definition) is 2. The van der Waals surface area contributed by atoms with E-state index in [4.69, 9.17) is 0 Å². The van der Waals surface area contributed by atoms with Gasteiger partial charge in [-0.3, -0.25) is 19.1 Å². The highest BCUT2D eigenvalue weighted by Gasteiger charge is 2.10. The number of fused-ring (bicyclic) bond motifs is 1. The molecule has 0 amide bonds. The van der Waals surface area contributed by atoms with E-state index in [-0.39, 0.29) is 23.5 Å². The minimum Gasteiger partial charge on any atom is -0.330 e. The lowest BCUT2D eigenvalue weighted by molar-refractivity contribution is 0.111. The molecular formula is C8H8N4O3. The second kappa shape index (κ2) is 3.19. The Morgan fingerprint density at radius 1 is 1.40 bits per heavy atom. The van der Waals surface area contributed by atoms with Crippen LogP contribution < -0.4 is 11.2 Å². The lowest BCUT2D eigenvalue weighted by Gasteiger charge is -1.97. The lowest BCUT2D eigenvalue weighted by atomic mass is 10.5. The van der Waals surface area contributed by atoms with Gasteiger partial charge in [-0.1, -0.05) is 0 Å². The van der Waals surface area contributed by atoms with Gasteiger partial charge < -0.3 is 4.98 Å². The Kier molecular flexibility index (Phi) is 2.00. The van der Waals surface area contributed by atoms with Gasteiger partial charge in [-0.15, -0.1) is 0 Å². The molecule has 2 aromatic heterocycles. The summed E-state index contributed by atoms with van der Waals surface area (Å²) >= 11 is 0. The molecule has 2 aromatic rings. The molecule has 0 bridgehead atoms. The minimum absolute atomic E-state index is 0.0200. The first-order valence-corrected chi connectivity index (χ1v) is 4.35. The summed E-state index contributed by atoms with van der Waals surface area (Å²) < 4.78 is 1.02. The molecule has 0 radical (unpaired) electrons. The number of aromatic nitrogens is 4. The second-order valence-corrected chi connectivity index (χ2v) is 2.94. The molecule has 0 aliphatic heterocycles. The van der Waals surface area contributed by atoms with E-state index in [1.165, 1.54) is 0 Å². The third kappa shape index (κ3) is 1.28. The Labute approximate surface area is 82.8 Å². The first-order chi connectivity index (χ1) is 7.17. The van der Waals surface area contributed by atoms with E-state index >= 15 is 0 Å². The standard InChI is InChI=1S/C8H8N4O3/c1-2-12-7(14)5-6(11-8(12)15)10-4(3-13)9-5/h3H,2H2,1H3,(H,9,10)(H,11,15). The van der Waals surface area contributed by atoms with Crippen molar-refractivity contribution in [3.8, 4) is 0 Å². The van der Waals surface area contributed by atoms with Crippen molar-refractivity contribution in [2.45, 2.75) is 13.5 Å². The highest BCUT2D eigenvalue weighted by atomic mass is 16.2. The van der Waals surface area contributed by atoms with Crippen LogP contribution in [0.5, 0.6) is 0 Å². The zero-order chi connectivity index (χ0) is 11.0. The fourth-order valence-corrected chi connectivity index (χ4v) is 1.38. The molecule has 0 spiro atoms. The van der Waals surface area contributed by atoms with Gasteiger partial charge in [0.2, 0.25) is 0 Å². The summed E-state index contributed by atoms with van der Waals surface area (Å²) in [5.41, 5.74) is -0.758. The number of aldehydes is 1. The molecule has 2 N–H and O–H groups in total. The van der Waals surface area contributed by atoms with Crippen molar-refractivity contribution in [2.24, 2.45) is 0 Å². The van der Waals surface area contributed by atoms with Gasteiger partial charge in [-0.2, -0.15) is 0 Å². The van der Waals surface area contributed by atoms with Crippen molar-refractivity contribution in [3.05, 3.63) is 26.7 Å². The number of imidazole rings is 1. The van der Waals surface area contributed by atoms with E-state index in [9.17, 15) is 14.4 Å². The maximum atomic E-state index is 11.7. The van der Waals surface area contributed by atoms with Crippen LogP contribution in [0.3, 0.4) is 0 Å². The molecule has 0 atom stereocenters. The van der Waals surface area contributed by atoms with Crippen molar-refractivity contribution >= 4 is 17.5 Å². The third-order valence-corrected chi connectivity index (χ3v) is 2.08. The summed E-state index contributed by atoms with van der Waals surface area (Å²) in [7, 11) is 0. The molecule has 0 saturated heterocycles. The number of aromatic amines is 2. The van der Waals surface area contributed by atoms with Crippen molar-refractivity contribution in [3.63, 3.8) is 0 Å². The summed E-state index contributed by atoms with van der Waals surface area (Å²) in [6.45, 7) is 1.94. The maximum Gasteiger partial charge on any atom is 0.330 e. The number of carbonyl (C=O) groups is 1.